The molecule has 1 amide bonds. The Morgan fingerprint density at radius 2 is 2.09 bits per heavy atom. The quantitative estimate of drug-likeness (QED) is 0.456. The van der Waals surface area contributed by atoms with E-state index < -0.39 is 11.2 Å². The minimum atomic E-state index is -1.10. The molecule has 2 atom stereocenters. The number of aromatic nitrogens is 3. The van der Waals surface area contributed by atoms with E-state index in [-0.39, 0.29) is 11.9 Å². The Morgan fingerprint density at radius 1 is 1.29 bits per heavy atom. The first-order chi connectivity index (χ1) is 17.1. The maximum atomic E-state index is 12.7. The lowest BCUT2D eigenvalue weighted by Crippen LogP contribution is -2.35. The largest absolute Gasteiger partial charge is 0.611 e. The number of piperidine rings is 1. The van der Waals surface area contributed by atoms with E-state index in [1.807, 2.05) is 18.2 Å². The molecule has 1 saturated heterocycles. The molecule has 1 fully saturated rings. The molecule has 2 aliphatic rings. The summed E-state index contributed by atoms with van der Waals surface area (Å²) in [7, 11) is 1.65. The molecule has 35 heavy (non-hydrogen) atoms. The predicted molar refractivity (Wildman–Crippen MR) is 136 cm³/mol. The van der Waals surface area contributed by atoms with Crippen LogP contribution in [0.5, 0.6) is 0 Å². The van der Waals surface area contributed by atoms with Crippen LogP contribution >= 0.6 is 0 Å². The van der Waals surface area contributed by atoms with Gasteiger partial charge in [-0.05, 0) is 49.0 Å². The third-order valence-corrected chi connectivity index (χ3v) is 8.54. The minimum absolute atomic E-state index is 0.0187. The minimum Gasteiger partial charge on any atom is -0.611 e. The second kappa shape index (κ2) is 10.4. The van der Waals surface area contributed by atoms with Crippen molar-refractivity contribution in [3.8, 4) is 0 Å². The molecule has 2 aliphatic heterocycles. The number of hydrogen-bond donors (Lipinski definition) is 2. The Kier molecular flexibility index (Phi) is 7.10. The smallest absolute Gasteiger partial charge is 0.227 e. The molecule has 1 aromatic carbocycles. The van der Waals surface area contributed by atoms with E-state index in [1.54, 1.807) is 7.05 Å². The first kappa shape index (κ1) is 23.9. The summed E-state index contributed by atoms with van der Waals surface area (Å²) in [5, 5.41) is 11.6. The Hall–Kier alpha value is -2.85. The summed E-state index contributed by atoms with van der Waals surface area (Å²) >= 11 is -1.10. The Balaban J connectivity index is 1.33. The van der Waals surface area contributed by atoms with E-state index in [2.05, 4.69) is 33.7 Å². The van der Waals surface area contributed by atoms with Gasteiger partial charge in [-0.15, -0.1) is 0 Å². The molecular weight excluding hydrogens is 464 g/mol. The molecule has 2 N–H and O–H groups in total. The van der Waals surface area contributed by atoms with Gasteiger partial charge in [-0.2, -0.15) is 4.98 Å². The zero-order chi connectivity index (χ0) is 24.4. The van der Waals surface area contributed by atoms with Crippen molar-refractivity contribution in [2.45, 2.75) is 62.3 Å². The van der Waals surface area contributed by atoms with Gasteiger partial charge >= 0.3 is 0 Å². The topological polar surface area (TPSA) is 119 Å². The van der Waals surface area contributed by atoms with Crippen LogP contribution in [0.3, 0.4) is 0 Å². The zero-order valence-electron chi connectivity index (χ0n) is 20.2. The molecule has 1 unspecified atom stereocenters. The van der Waals surface area contributed by atoms with Crippen LogP contribution < -0.4 is 15.5 Å². The summed E-state index contributed by atoms with van der Waals surface area (Å²) in [5.74, 6) is 2.29. The van der Waals surface area contributed by atoms with E-state index in [1.165, 1.54) is 0 Å². The van der Waals surface area contributed by atoms with Gasteiger partial charge < -0.3 is 24.6 Å². The van der Waals surface area contributed by atoms with Gasteiger partial charge in [-0.25, -0.2) is 4.98 Å². The van der Waals surface area contributed by atoms with Gasteiger partial charge in [-0.1, -0.05) is 24.2 Å². The molecule has 2 aromatic heterocycles. The van der Waals surface area contributed by atoms with Crippen LogP contribution in [0.1, 0.15) is 56.3 Å². The highest BCUT2D eigenvalue weighted by atomic mass is 32.2. The van der Waals surface area contributed by atoms with Gasteiger partial charge in [0.1, 0.15) is 11.4 Å². The summed E-state index contributed by atoms with van der Waals surface area (Å²) in [4.78, 5) is 24.4. The number of aryl methyl sites for hydroxylation is 1. The maximum absolute atomic E-state index is 12.7. The summed E-state index contributed by atoms with van der Waals surface area (Å²) in [6.45, 7) is 3.72. The predicted octanol–water partition coefficient (Wildman–Crippen LogP) is 3.38. The fourth-order valence-electron chi connectivity index (χ4n) is 4.98. The third-order valence-electron chi connectivity index (χ3n) is 7.08. The van der Waals surface area contributed by atoms with Crippen molar-refractivity contribution in [3.05, 3.63) is 35.7 Å². The standard InChI is InChI=1S/C25H32N6O3S/c1-3-17(8-9-21(32)26-2)27-24-23-19(12-15-35(23)33)28-25(29-24)31-13-10-16(11-14-31)22-18-6-4-5-7-20(18)34-30-22/h4-7,16-17H,3,8-15H2,1-2H3,(H,26,32)(H,27,28,29)/t17-,35?/m1/s1. The molecule has 3 aromatic rings. The van der Waals surface area contributed by atoms with Crippen LogP contribution in [0.25, 0.3) is 11.0 Å². The van der Waals surface area contributed by atoms with E-state index in [0.29, 0.717) is 42.7 Å². The zero-order valence-corrected chi connectivity index (χ0v) is 21.1. The van der Waals surface area contributed by atoms with Crippen molar-refractivity contribution >= 4 is 39.8 Å². The molecule has 9 nitrogen and oxygen atoms in total. The van der Waals surface area contributed by atoms with Crippen LogP contribution in [0, 0.1) is 0 Å². The number of rotatable bonds is 8. The summed E-state index contributed by atoms with van der Waals surface area (Å²) in [6.07, 6.45) is 4.55. The van der Waals surface area contributed by atoms with E-state index in [9.17, 15) is 9.35 Å². The van der Waals surface area contributed by atoms with Crippen LogP contribution in [0.2, 0.25) is 0 Å². The summed E-state index contributed by atoms with van der Waals surface area (Å²) < 4.78 is 18.3. The normalized spacial score (nSPS) is 19.1. The van der Waals surface area contributed by atoms with Crippen molar-refractivity contribution in [1.82, 2.24) is 20.4 Å². The fraction of sp³-hybridized carbons (Fsp3) is 0.520. The number of hydrogen-bond acceptors (Lipinski definition) is 8. The second-order valence-corrected chi connectivity index (χ2v) is 10.7. The third kappa shape index (κ3) is 4.95. The molecular formula is C25H32N6O3S. The summed E-state index contributed by atoms with van der Waals surface area (Å²) in [5.41, 5.74) is 2.74. The molecule has 4 heterocycles. The van der Waals surface area contributed by atoms with E-state index in [0.717, 1.165) is 59.6 Å². The average molecular weight is 497 g/mol. The van der Waals surface area contributed by atoms with Crippen molar-refractivity contribution in [2.24, 2.45) is 0 Å². The van der Waals surface area contributed by atoms with Crippen LogP contribution in [-0.4, -0.2) is 57.5 Å². The van der Waals surface area contributed by atoms with Crippen molar-refractivity contribution in [2.75, 3.05) is 36.1 Å². The highest BCUT2D eigenvalue weighted by Gasteiger charge is 2.34. The number of carbonyl (C=O) groups excluding carboxylic acids is 1. The first-order valence-electron chi connectivity index (χ1n) is 12.4. The average Bonchev–Trinajstić information content (AvgIpc) is 3.50. The van der Waals surface area contributed by atoms with Crippen molar-refractivity contribution < 1.29 is 13.9 Å². The Labute approximate surface area is 208 Å². The number of carbonyl (C=O) groups is 1. The molecule has 0 aliphatic carbocycles. The molecule has 0 radical (unpaired) electrons. The van der Waals surface area contributed by atoms with Gasteiger partial charge in [-0.3, -0.25) is 4.79 Å². The monoisotopic (exact) mass is 496 g/mol. The second-order valence-electron chi connectivity index (χ2n) is 9.23. The van der Waals surface area contributed by atoms with E-state index >= 15 is 0 Å². The molecule has 0 spiro atoms. The lowest BCUT2D eigenvalue weighted by molar-refractivity contribution is -0.120. The summed E-state index contributed by atoms with van der Waals surface area (Å²) in [6, 6.07) is 8.08. The van der Waals surface area contributed by atoms with Crippen LogP contribution in [0.15, 0.2) is 33.7 Å². The van der Waals surface area contributed by atoms with Crippen LogP contribution in [-0.2, 0) is 22.4 Å². The number of para-hydroxylation sites is 1. The number of amides is 1. The van der Waals surface area contributed by atoms with Gasteiger partial charge in [0.2, 0.25) is 16.8 Å². The molecule has 0 bridgehead atoms. The first-order valence-corrected chi connectivity index (χ1v) is 13.7. The lowest BCUT2D eigenvalue weighted by Gasteiger charge is -2.31. The highest BCUT2D eigenvalue weighted by molar-refractivity contribution is 7.91. The lowest BCUT2D eigenvalue weighted by atomic mass is 9.92. The van der Waals surface area contributed by atoms with Crippen molar-refractivity contribution in [1.29, 1.82) is 0 Å². The number of nitrogens with zero attached hydrogens (tertiary/aromatic N) is 4. The van der Waals surface area contributed by atoms with Gasteiger partial charge in [0.25, 0.3) is 0 Å². The maximum Gasteiger partial charge on any atom is 0.227 e. The van der Waals surface area contributed by atoms with Gasteiger partial charge in [0.05, 0.1) is 5.69 Å². The number of anilines is 2. The van der Waals surface area contributed by atoms with Gasteiger partial charge in [0.15, 0.2) is 11.4 Å². The molecule has 186 valence electrons. The molecule has 0 saturated carbocycles. The Morgan fingerprint density at radius 3 is 2.86 bits per heavy atom. The van der Waals surface area contributed by atoms with Gasteiger partial charge in [0, 0.05) is 50.3 Å². The molecule has 10 heteroatoms. The number of benzene rings is 1. The van der Waals surface area contributed by atoms with Crippen LogP contribution in [0.4, 0.5) is 11.8 Å². The SMILES string of the molecule is CC[C@H](CCC(=O)NC)Nc1nc(N2CCC(c3noc4ccccc34)CC2)nc2c1[S+]([O-])CC2. The fourth-order valence-corrected chi connectivity index (χ4v) is 6.29. The molecule has 5 rings (SSSR count). The number of nitrogens with one attached hydrogen (secondary N) is 2. The Bertz CT molecular complexity index is 1190. The number of fused-ring (bicyclic) bond motifs is 2. The van der Waals surface area contributed by atoms with E-state index in [4.69, 9.17) is 14.5 Å². The van der Waals surface area contributed by atoms with Crippen molar-refractivity contribution in [3.63, 3.8) is 0 Å². The highest BCUT2D eigenvalue weighted by Crippen LogP contribution is 2.36.